The molecule has 0 aliphatic carbocycles. The highest BCUT2D eigenvalue weighted by Gasteiger charge is 2.40. The molecule has 0 saturated heterocycles. The maximum atomic E-state index is 13.2. The smallest absolute Gasteiger partial charge is 0.407 e. The summed E-state index contributed by atoms with van der Waals surface area (Å²) >= 11 is 0. The molecule has 0 saturated carbocycles. The van der Waals surface area contributed by atoms with Gasteiger partial charge in [-0.1, -0.05) is 42.5 Å². The maximum Gasteiger partial charge on any atom is 0.407 e. The quantitative estimate of drug-likeness (QED) is 0.897. The van der Waals surface area contributed by atoms with Crippen LogP contribution in [-0.2, 0) is 6.54 Å². The van der Waals surface area contributed by atoms with Crippen molar-refractivity contribution in [3.63, 3.8) is 0 Å². The molecule has 112 valence electrons. The Balaban J connectivity index is 2.14. The number of methoxy groups -OCH3 is 1. The lowest BCUT2D eigenvalue weighted by Crippen LogP contribution is -2.33. The van der Waals surface area contributed by atoms with Gasteiger partial charge >= 0.3 is 6.18 Å². The van der Waals surface area contributed by atoms with E-state index < -0.39 is 12.2 Å². The van der Waals surface area contributed by atoms with E-state index in [4.69, 9.17) is 4.74 Å². The summed E-state index contributed by atoms with van der Waals surface area (Å²) in [6, 6.07) is 13.2. The van der Waals surface area contributed by atoms with E-state index in [1.165, 1.54) is 31.4 Å². The molecule has 0 aliphatic rings. The highest BCUT2D eigenvalue weighted by atomic mass is 19.4. The highest BCUT2D eigenvalue weighted by Crippen LogP contribution is 2.33. The Hall–Kier alpha value is -2.01. The van der Waals surface area contributed by atoms with E-state index >= 15 is 0 Å². The van der Waals surface area contributed by atoms with Crippen molar-refractivity contribution in [3.8, 4) is 5.75 Å². The monoisotopic (exact) mass is 295 g/mol. The summed E-state index contributed by atoms with van der Waals surface area (Å²) in [5, 5.41) is 2.56. The summed E-state index contributed by atoms with van der Waals surface area (Å²) in [7, 11) is 1.48. The molecule has 1 atom stereocenters. The zero-order chi connectivity index (χ0) is 15.3. The van der Waals surface area contributed by atoms with Gasteiger partial charge in [0.05, 0.1) is 7.11 Å². The minimum Gasteiger partial charge on any atom is -0.497 e. The summed E-state index contributed by atoms with van der Waals surface area (Å²) in [4.78, 5) is 0. The predicted molar refractivity (Wildman–Crippen MR) is 75.1 cm³/mol. The number of ether oxygens (including phenoxy) is 1. The van der Waals surface area contributed by atoms with Crippen LogP contribution in [0.2, 0.25) is 0 Å². The number of nitrogens with one attached hydrogen (secondary N) is 1. The molecule has 2 nitrogen and oxygen atoms in total. The van der Waals surface area contributed by atoms with E-state index in [2.05, 4.69) is 5.32 Å². The molecule has 0 amide bonds. The Labute approximate surface area is 121 Å². The normalized spacial score (nSPS) is 13.0. The fraction of sp³-hybridized carbons (Fsp3) is 0.250. The van der Waals surface area contributed by atoms with Gasteiger partial charge in [0.25, 0.3) is 0 Å². The van der Waals surface area contributed by atoms with Crippen molar-refractivity contribution in [2.24, 2.45) is 0 Å². The van der Waals surface area contributed by atoms with E-state index in [1.54, 1.807) is 24.3 Å². The third-order valence-electron chi connectivity index (χ3n) is 3.13. The first-order chi connectivity index (χ1) is 10.0. The molecule has 1 unspecified atom stereocenters. The number of hydrogen-bond donors (Lipinski definition) is 1. The van der Waals surface area contributed by atoms with Crippen molar-refractivity contribution in [1.82, 2.24) is 5.32 Å². The number of hydrogen-bond acceptors (Lipinski definition) is 2. The van der Waals surface area contributed by atoms with Crippen LogP contribution in [0, 0.1) is 0 Å². The van der Waals surface area contributed by atoms with Gasteiger partial charge in [0.15, 0.2) is 0 Å². The Bertz CT molecular complexity index is 552. The van der Waals surface area contributed by atoms with Crippen LogP contribution in [0.25, 0.3) is 0 Å². The molecule has 21 heavy (non-hydrogen) atoms. The van der Waals surface area contributed by atoms with Crippen LogP contribution in [-0.4, -0.2) is 13.3 Å². The summed E-state index contributed by atoms with van der Waals surface area (Å²) < 4.78 is 44.6. The van der Waals surface area contributed by atoms with E-state index in [9.17, 15) is 13.2 Å². The highest BCUT2D eigenvalue weighted by molar-refractivity contribution is 5.30. The molecule has 2 aromatic carbocycles. The first-order valence-electron chi connectivity index (χ1n) is 6.48. The zero-order valence-corrected chi connectivity index (χ0v) is 11.5. The van der Waals surface area contributed by atoms with Crippen LogP contribution in [0.4, 0.5) is 13.2 Å². The molecule has 5 heteroatoms. The zero-order valence-electron chi connectivity index (χ0n) is 11.5. The lowest BCUT2D eigenvalue weighted by molar-refractivity contribution is -0.158. The number of rotatable bonds is 5. The van der Waals surface area contributed by atoms with Crippen molar-refractivity contribution in [2.45, 2.75) is 18.8 Å². The standard InChI is InChI=1S/C16H16F3NO/c1-21-14-9-7-13(8-10-14)15(16(17,18)19)20-11-12-5-3-2-4-6-12/h2-10,15,20H,11H2,1H3. The van der Waals surface area contributed by atoms with Gasteiger partial charge in [0.1, 0.15) is 11.8 Å². The van der Waals surface area contributed by atoms with Crippen LogP contribution < -0.4 is 10.1 Å². The number of halogens is 3. The second kappa shape index (κ2) is 6.63. The molecular weight excluding hydrogens is 279 g/mol. The molecule has 0 fully saturated rings. The van der Waals surface area contributed by atoms with Gasteiger partial charge in [-0.2, -0.15) is 13.2 Å². The molecule has 0 aromatic heterocycles. The summed E-state index contributed by atoms with van der Waals surface area (Å²) in [5.41, 5.74) is 0.972. The van der Waals surface area contributed by atoms with Crippen LogP contribution in [0.3, 0.4) is 0 Å². The van der Waals surface area contributed by atoms with E-state index in [1.807, 2.05) is 6.07 Å². The van der Waals surface area contributed by atoms with Crippen LogP contribution in [0.15, 0.2) is 54.6 Å². The van der Waals surface area contributed by atoms with Gasteiger partial charge < -0.3 is 4.74 Å². The van der Waals surface area contributed by atoms with E-state index in [0.717, 1.165) is 5.56 Å². The van der Waals surface area contributed by atoms with Crippen molar-refractivity contribution in [1.29, 1.82) is 0 Å². The van der Waals surface area contributed by atoms with Gasteiger partial charge in [-0.05, 0) is 23.3 Å². The third kappa shape index (κ3) is 4.23. The predicted octanol–water partition coefficient (Wildman–Crippen LogP) is 4.09. The van der Waals surface area contributed by atoms with E-state index in [-0.39, 0.29) is 12.1 Å². The maximum absolute atomic E-state index is 13.2. The van der Waals surface area contributed by atoms with Crippen LogP contribution >= 0.6 is 0 Å². The lowest BCUT2D eigenvalue weighted by atomic mass is 10.1. The SMILES string of the molecule is COc1ccc(C(NCc2ccccc2)C(F)(F)F)cc1. The fourth-order valence-electron chi connectivity index (χ4n) is 2.03. The Morgan fingerprint density at radius 1 is 1.00 bits per heavy atom. The molecule has 0 heterocycles. The average Bonchev–Trinajstić information content (AvgIpc) is 2.48. The molecule has 0 bridgehead atoms. The molecule has 0 radical (unpaired) electrons. The fourth-order valence-corrected chi connectivity index (χ4v) is 2.03. The molecule has 2 aromatic rings. The van der Waals surface area contributed by atoms with Crippen LogP contribution in [0.5, 0.6) is 5.75 Å². The molecular formula is C16H16F3NO. The lowest BCUT2D eigenvalue weighted by Gasteiger charge is -2.22. The van der Waals surface area contributed by atoms with Gasteiger partial charge in [0, 0.05) is 6.54 Å². The van der Waals surface area contributed by atoms with Crippen molar-refractivity contribution < 1.29 is 17.9 Å². The van der Waals surface area contributed by atoms with Crippen molar-refractivity contribution in [3.05, 3.63) is 65.7 Å². The largest absolute Gasteiger partial charge is 0.497 e. The average molecular weight is 295 g/mol. The minimum absolute atomic E-state index is 0.150. The molecule has 0 spiro atoms. The second-order valence-corrected chi connectivity index (χ2v) is 4.61. The Kier molecular flexibility index (Phi) is 4.85. The van der Waals surface area contributed by atoms with Gasteiger partial charge in [-0.15, -0.1) is 0 Å². The topological polar surface area (TPSA) is 21.3 Å². The van der Waals surface area contributed by atoms with Crippen LogP contribution in [0.1, 0.15) is 17.2 Å². The van der Waals surface area contributed by atoms with Gasteiger partial charge in [0.2, 0.25) is 0 Å². The molecule has 0 aliphatic heterocycles. The summed E-state index contributed by atoms with van der Waals surface area (Å²) in [6.07, 6.45) is -4.36. The minimum atomic E-state index is -4.36. The van der Waals surface area contributed by atoms with Gasteiger partial charge in [-0.3, -0.25) is 5.32 Å². The van der Waals surface area contributed by atoms with Crippen molar-refractivity contribution in [2.75, 3.05) is 7.11 Å². The number of alkyl halides is 3. The van der Waals surface area contributed by atoms with Crippen molar-refractivity contribution >= 4 is 0 Å². The van der Waals surface area contributed by atoms with E-state index in [0.29, 0.717) is 5.75 Å². The Morgan fingerprint density at radius 2 is 1.62 bits per heavy atom. The number of benzene rings is 2. The summed E-state index contributed by atoms with van der Waals surface area (Å²) in [5.74, 6) is 0.530. The first-order valence-corrected chi connectivity index (χ1v) is 6.48. The Morgan fingerprint density at radius 3 is 2.14 bits per heavy atom. The second-order valence-electron chi connectivity index (χ2n) is 4.61. The molecule has 2 rings (SSSR count). The molecule has 1 N–H and O–H groups in total. The summed E-state index contributed by atoms with van der Waals surface area (Å²) in [6.45, 7) is 0.150. The van der Waals surface area contributed by atoms with Gasteiger partial charge in [-0.25, -0.2) is 0 Å². The third-order valence-corrected chi connectivity index (χ3v) is 3.13. The first kappa shape index (κ1) is 15.4.